The van der Waals surface area contributed by atoms with E-state index in [9.17, 15) is 0 Å². The van der Waals surface area contributed by atoms with Crippen molar-refractivity contribution in [1.29, 1.82) is 0 Å². The van der Waals surface area contributed by atoms with Gasteiger partial charge in [0.1, 0.15) is 0 Å². The molecule has 0 rings (SSSR count). The summed E-state index contributed by atoms with van der Waals surface area (Å²) >= 11 is -1.28. The Hall–Kier alpha value is 0.790. The van der Waals surface area contributed by atoms with Gasteiger partial charge in [-0.05, 0) is 0 Å². The molecule has 0 N–H and O–H groups in total. The molecule has 3 heteroatoms. The van der Waals surface area contributed by atoms with Crippen LogP contribution in [0.1, 0.15) is 60.8 Å². The third kappa shape index (κ3) is 11.0. The molecule has 2 nitrogen and oxygen atoms in total. The van der Waals surface area contributed by atoms with Gasteiger partial charge in [-0.3, -0.25) is 0 Å². The molecule has 0 saturated heterocycles. The molecule has 21 heavy (non-hydrogen) atoms. The van der Waals surface area contributed by atoms with Crippen LogP contribution in [-0.2, 0) is 0 Å². The quantitative estimate of drug-likeness (QED) is 0.441. The van der Waals surface area contributed by atoms with Crippen molar-refractivity contribution in [2.45, 2.75) is 78.9 Å². The van der Waals surface area contributed by atoms with Crippen LogP contribution in [0.3, 0.4) is 0 Å². The zero-order valence-electron chi connectivity index (χ0n) is 16.0. The maximum atomic E-state index is 2.62. The Bertz CT molecular complexity index is 231. The summed E-state index contributed by atoms with van der Waals surface area (Å²) < 4.78 is 4.26. The Balaban J connectivity index is 3.97. The molecule has 0 spiro atoms. The van der Waals surface area contributed by atoms with E-state index in [0.29, 0.717) is 6.04 Å². The second-order valence-electron chi connectivity index (χ2n) is 7.31. The van der Waals surface area contributed by atoms with Crippen LogP contribution in [0.15, 0.2) is 0 Å². The van der Waals surface area contributed by atoms with Gasteiger partial charge in [-0.2, -0.15) is 0 Å². The Morgan fingerprint density at radius 2 is 1.43 bits per heavy atom. The standard InChI is InChI=1S/C8H18N.C7H16N.C3H7.In/c1-5-7-9(6-2)8(3)4;1-4-6-8(3)7-5-2;1-3-2;/h8H,1,5-7H2,2-4H3;1,4-7H2,2-3H3;3H,1-2H3;. The third-order valence-corrected chi connectivity index (χ3v) is 16.8. The predicted octanol–water partition coefficient (Wildman–Crippen LogP) is 4.74. The molecule has 0 radical (unpaired) electrons. The van der Waals surface area contributed by atoms with Gasteiger partial charge in [0.25, 0.3) is 0 Å². The van der Waals surface area contributed by atoms with Crippen molar-refractivity contribution in [2.75, 3.05) is 33.2 Å². The molecule has 0 aliphatic rings. The van der Waals surface area contributed by atoms with Gasteiger partial charge in [-0.15, -0.1) is 0 Å². The summed E-state index contributed by atoms with van der Waals surface area (Å²) in [6.45, 7) is 19.3. The van der Waals surface area contributed by atoms with E-state index >= 15 is 0 Å². The molecule has 0 bridgehead atoms. The van der Waals surface area contributed by atoms with E-state index in [0.717, 1.165) is 3.67 Å². The minimum atomic E-state index is -1.28. The summed E-state index contributed by atoms with van der Waals surface area (Å²) in [5.74, 6) is 0. The Morgan fingerprint density at radius 3 is 1.86 bits per heavy atom. The van der Waals surface area contributed by atoms with Crippen LogP contribution in [0, 0.1) is 0 Å². The monoisotopic (exact) mass is 400 g/mol. The van der Waals surface area contributed by atoms with Crippen LogP contribution >= 0.6 is 0 Å². The molecule has 0 aromatic carbocycles. The SMILES string of the molecule is CCCN(C)CC[CH2][In]([CH2]CCN(CC)C(C)C)[CH](C)C. The molecule has 0 heterocycles. The first-order valence-corrected chi connectivity index (χ1v) is 15.9. The minimum absolute atomic E-state index is 0.713. The molecule has 0 amide bonds. The van der Waals surface area contributed by atoms with E-state index < -0.39 is 21.4 Å². The van der Waals surface area contributed by atoms with Gasteiger partial charge in [-0.1, -0.05) is 0 Å². The zero-order chi connectivity index (χ0) is 16.3. The molecular formula is C18H41InN2. The predicted molar refractivity (Wildman–Crippen MR) is 99.9 cm³/mol. The van der Waals surface area contributed by atoms with Crippen LogP contribution in [0.5, 0.6) is 0 Å². The van der Waals surface area contributed by atoms with E-state index in [1.807, 2.05) is 0 Å². The van der Waals surface area contributed by atoms with Gasteiger partial charge in [0.15, 0.2) is 0 Å². The second kappa shape index (κ2) is 13.2. The number of nitrogens with zero attached hydrogens (tertiary/aromatic N) is 2. The average molecular weight is 400 g/mol. The van der Waals surface area contributed by atoms with Crippen LogP contribution in [-0.4, -0.2) is 70.5 Å². The van der Waals surface area contributed by atoms with Gasteiger partial charge in [-0.25, -0.2) is 0 Å². The first kappa shape index (κ1) is 21.8. The van der Waals surface area contributed by atoms with Crippen molar-refractivity contribution < 1.29 is 0 Å². The fourth-order valence-electron chi connectivity index (χ4n) is 3.27. The number of hydrogen-bond acceptors (Lipinski definition) is 2. The fraction of sp³-hybridized carbons (Fsp3) is 1.00. The Kier molecular flexibility index (Phi) is 13.7. The summed E-state index contributed by atoms with van der Waals surface area (Å²) in [6.07, 6.45) is 4.20. The van der Waals surface area contributed by atoms with Gasteiger partial charge in [0.2, 0.25) is 0 Å². The summed E-state index contributed by atoms with van der Waals surface area (Å²) in [4.78, 5) is 5.14. The fourth-order valence-corrected chi connectivity index (χ4v) is 11.9. The summed E-state index contributed by atoms with van der Waals surface area (Å²) in [6, 6.07) is 0.713. The summed E-state index contributed by atoms with van der Waals surface area (Å²) in [5, 5.41) is 0. The second-order valence-corrected chi connectivity index (χ2v) is 18.8. The van der Waals surface area contributed by atoms with Crippen molar-refractivity contribution >= 4 is 21.4 Å². The Labute approximate surface area is 143 Å². The third-order valence-electron chi connectivity index (χ3n) is 4.82. The van der Waals surface area contributed by atoms with Crippen LogP contribution in [0.4, 0.5) is 0 Å². The summed E-state index contributed by atoms with van der Waals surface area (Å²) in [5.41, 5.74) is 0. The first-order chi connectivity index (χ1) is 9.92. The van der Waals surface area contributed by atoms with E-state index in [-0.39, 0.29) is 0 Å². The van der Waals surface area contributed by atoms with E-state index in [1.54, 1.807) is 8.35 Å². The van der Waals surface area contributed by atoms with Crippen molar-refractivity contribution in [1.82, 2.24) is 9.80 Å². The van der Waals surface area contributed by atoms with Gasteiger partial charge in [0, 0.05) is 0 Å². The Morgan fingerprint density at radius 1 is 0.857 bits per heavy atom. The molecule has 0 fully saturated rings. The molecule has 0 unspecified atom stereocenters. The number of hydrogen-bond donors (Lipinski definition) is 0. The molecular weight excluding hydrogens is 359 g/mol. The summed E-state index contributed by atoms with van der Waals surface area (Å²) in [7, 11) is 2.28. The van der Waals surface area contributed by atoms with Gasteiger partial charge >= 0.3 is 143 Å². The van der Waals surface area contributed by atoms with Gasteiger partial charge in [0.05, 0.1) is 0 Å². The first-order valence-electron chi connectivity index (χ1n) is 9.34. The number of rotatable bonds is 13. The molecule has 0 atom stereocenters. The molecule has 126 valence electrons. The average Bonchev–Trinajstić information content (AvgIpc) is 2.41. The van der Waals surface area contributed by atoms with Crippen LogP contribution in [0.25, 0.3) is 0 Å². The zero-order valence-corrected chi connectivity index (χ0v) is 19.3. The molecule has 0 saturated carbocycles. The van der Waals surface area contributed by atoms with Crippen molar-refractivity contribution in [3.05, 3.63) is 0 Å². The molecule has 0 aliphatic carbocycles. The van der Waals surface area contributed by atoms with E-state index in [2.05, 4.69) is 58.4 Å². The van der Waals surface area contributed by atoms with Crippen molar-refractivity contribution in [3.8, 4) is 0 Å². The van der Waals surface area contributed by atoms with Crippen LogP contribution < -0.4 is 0 Å². The topological polar surface area (TPSA) is 6.48 Å². The molecule has 0 aromatic rings. The molecule has 0 aliphatic heterocycles. The molecule has 0 aromatic heterocycles. The van der Waals surface area contributed by atoms with E-state index in [4.69, 9.17) is 0 Å². The van der Waals surface area contributed by atoms with E-state index in [1.165, 1.54) is 45.4 Å². The van der Waals surface area contributed by atoms with Crippen molar-refractivity contribution in [3.63, 3.8) is 0 Å². The van der Waals surface area contributed by atoms with Gasteiger partial charge < -0.3 is 0 Å². The van der Waals surface area contributed by atoms with Crippen molar-refractivity contribution in [2.24, 2.45) is 0 Å². The normalized spacial score (nSPS) is 12.1. The maximum absolute atomic E-state index is 2.62. The van der Waals surface area contributed by atoms with Crippen LogP contribution in [0.2, 0.25) is 12.0 Å².